The summed E-state index contributed by atoms with van der Waals surface area (Å²) in [6, 6.07) is 4.10. The Bertz CT molecular complexity index is 537. The Labute approximate surface area is 120 Å². The maximum atomic E-state index is 5.68. The molecule has 2 heterocycles. The molecule has 0 radical (unpaired) electrons. The van der Waals surface area contributed by atoms with Gasteiger partial charge in [-0.3, -0.25) is 0 Å². The summed E-state index contributed by atoms with van der Waals surface area (Å²) in [4.78, 5) is 2.30. The highest BCUT2D eigenvalue weighted by molar-refractivity contribution is 5.20. The van der Waals surface area contributed by atoms with Crippen molar-refractivity contribution < 1.29 is 8.94 Å². The van der Waals surface area contributed by atoms with E-state index < -0.39 is 0 Å². The van der Waals surface area contributed by atoms with Crippen LogP contribution in [0.2, 0.25) is 0 Å². The van der Waals surface area contributed by atoms with Crippen molar-refractivity contribution in [2.75, 3.05) is 13.6 Å². The second-order valence-corrected chi connectivity index (χ2v) is 5.68. The van der Waals surface area contributed by atoms with Crippen LogP contribution in [0.3, 0.4) is 0 Å². The molecule has 0 N–H and O–H groups in total. The first-order valence-electron chi connectivity index (χ1n) is 7.14. The molecular formula is C16H24N2O2. The Kier molecular flexibility index (Phi) is 4.65. The van der Waals surface area contributed by atoms with Gasteiger partial charge in [-0.05, 0) is 52.9 Å². The lowest BCUT2D eigenvalue weighted by Crippen LogP contribution is -2.21. The average Bonchev–Trinajstić information content (AvgIpc) is 2.97. The van der Waals surface area contributed by atoms with E-state index in [9.17, 15) is 0 Å². The zero-order valence-corrected chi connectivity index (χ0v) is 13.1. The first kappa shape index (κ1) is 14.9. The lowest BCUT2D eigenvalue weighted by atomic mass is 10.0. The van der Waals surface area contributed by atoms with Crippen molar-refractivity contribution >= 4 is 0 Å². The van der Waals surface area contributed by atoms with Crippen LogP contribution in [0.15, 0.2) is 21.1 Å². The predicted octanol–water partition coefficient (Wildman–Crippen LogP) is 3.82. The standard InChI is InChI=1S/C16H24N2O2/c1-11(16-7-6-12(2)19-16)8-9-18(5)10-15-13(3)17-20-14(15)4/h6-7,11H,8-10H2,1-5H3/t11-/m1/s1. The Hall–Kier alpha value is -1.55. The number of nitrogens with zero attached hydrogens (tertiary/aromatic N) is 2. The molecule has 0 saturated heterocycles. The fourth-order valence-corrected chi connectivity index (χ4v) is 2.35. The molecule has 0 aromatic carbocycles. The lowest BCUT2D eigenvalue weighted by molar-refractivity contribution is 0.302. The normalized spacial score (nSPS) is 13.1. The molecule has 0 aliphatic rings. The van der Waals surface area contributed by atoms with Crippen LogP contribution in [-0.4, -0.2) is 23.6 Å². The number of furan rings is 1. The highest BCUT2D eigenvalue weighted by Crippen LogP contribution is 2.22. The molecule has 0 aliphatic carbocycles. The number of rotatable bonds is 6. The summed E-state index contributed by atoms with van der Waals surface area (Å²) in [5.41, 5.74) is 2.19. The second-order valence-electron chi connectivity index (χ2n) is 5.68. The Morgan fingerprint density at radius 1 is 1.25 bits per heavy atom. The molecule has 0 bridgehead atoms. The third-order valence-electron chi connectivity index (χ3n) is 3.80. The number of hydrogen-bond donors (Lipinski definition) is 0. The number of hydrogen-bond acceptors (Lipinski definition) is 4. The van der Waals surface area contributed by atoms with Gasteiger partial charge >= 0.3 is 0 Å². The van der Waals surface area contributed by atoms with Gasteiger partial charge < -0.3 is 13.8 Å². The van der Waals surface area contributed by atoms with Gasteiger partial charge in [0.05, 0.1) is 5.69 Å². The third kappa shape index (κ3) is 3.51. The Balaban J connectivity index is 1.85. The molecular weight excluding hydrogens is 252 g/mol. The summed E-state index contributed by atoms with van der Waals surface area (Å²) in [5.74, 6) is 3.42. The predicted molar refractivity (Wildman–Crippen MR) is 78.8 cm³/mol. The van der Waals surface area contributed by atoms with Crippen LogP contribution in [-0.2, 0) is 6.54 Å². The summed E-state index contributed by atoms with van der Waals surface area (Å²) in [6.07, 6.45) is 1.08. The SMILES string of the molecule is Cc1ccc([C@H](C)CCN(C)Cc2c(C)noc2C)o1. The Morgan fingerprint density at radius 2 is 2.00 bits per heavy atom. The van der Waals surface area contributed by atoms with Crippen LogP contribution < -0.4 is 0 Å². The molecule has 0 amide bonds. The van der Waals surface area contributed by atoms with Gasteiger partial charge in [0, 0.05) is 18.0 Å². The molecule has 1 atom stereocenters. The lowest BCUT2D eigenvalue weighted by Gasteiger charge is -2.18. The van der Waals surface area contributed by atoms with Crippen LogP contribution in [0.25, 0.3) is 0 Å². The van der Waals surface area contributed by atoms with Crippen LogP contribution in [0.1, 0.15) is 47.8 Å². The zero-order chi connectivity index (χ0) is 14.7. The summed E-state index contributed by atoms with van der Waals surface area (Å²) in [6.45, 7) is 10.1. The first-order valence-corrected chi connectivity index (χ1v) is 7.14. The van der Waals surface area contributed by atoms with Crippen molar-refractivity contribution in [3.63, 3.8) is 0 Å². The van der Waals surface area contributed by atoms with E-state index >= 15 is 0 Å². The van der Waals surface area contributed by atoms with E-state index in [4.69, 9.17) is 8.94 Å². The van der Waals surface area contributed by atoms with Gasteiger partial charge in [0.2, 0.25) is 0 Å². The van der Waals surface area contributed by atoms with Gasteiger partial charge in [0.1, 0.15) is 17.3 Å². The molecule has 4 nitrogen and oxygen atoms in total. The van der Waals surface area contributed by atoms with E-state index in [2.05, 4.69) is 30.1 Å². The molecule has 20 heavy (non-hydrogen) atoms. The smallest absolute Gasteiger partial charge is 0.138 e. The van der Waals surface area contributed by atoms with Gasteiger partial charge in [0.15, 0.2) is 0 Å². The van der Waals surface area contributed by atoms with E-state index in [1.54, 1.807) is 0 Å². The Morgan fingerprint density at radius 3 is 2.55 bits per heavy atom. The zero-order valence-electron chi connectivity index (χ0n) is 13.1. The van der Waals surface area contributed by atoms with E-state index in [0.717, 1.165) is 42.5 Å². The van der Waals surface area contributed by atoms with Crippen molar-refractivity contribution in [1.82, 2.24) is 10.1 Å². The monoisotopic (exact) mass is 276 g/mol. The molecule has 2 aromatic rings. The molecule has 0 spiro atoms. The average molecular weight is 276 g/mol. The highest BCUT2D eigenvalue weighted by atomic mass is 16.5. The van der Waals surface area contributed by atoms with Gasteiger partial charge in [-0.1, -0.05) is 12.1 Å². The minimum Gasteiger partial charge on any atom is -0.466 e. The van der Waals surface area contributed by atoms with Crippen molar-refractivity contribution in [2.45, 2.75) is 46.6 Å². The minimum absolute atomic E-state index is 0.441. The number of aryl methyl sites for hydroxylation is 3. The summed E-state index contributed by atoms with van der Waals surface area (Å²) < 4.78 is 10.9. The van der Waals surface area contributed by atoms with E-state index in [1.807, 2.05) is 26.8 Å². The van der Waals surface area contributed by atoms with Crippen molar-refractivity contribution in [2.24, 2.45) is 0 Å². The molecule has 4 heteroatoms. The molecule has 2 rings (SSSR count). The van der Waals surface area contributed by atoms with Gasteiger partial charge in [-0.25, -0.2) is 0 Å². The molecule has 0 fully saturated rings. The topological polar surface area (TPSA) is 42.4 Å². The van der Waals surface area contributed by atoms with E-state index in [-0.39, 0.29) is 0 Å². The highest BCUT2D eigenvalue weighted by Gasteiger charge is 2.14. The maximum absolute atomic E-state index is 5.68. The third-order valence-corrected chi connectivity index (χ3v) is 3.80. The fraction of sp³-hybridized carbons (Fsp3) is 0.562. The van der Waals surface area contributed by atoms with Crippen LogP contribution in [0, 0.1) is 20.8 Å². The van der Waals surface area contributed by atoms with E-state index in [0.29, 0.717) is 5.92 Å². The van der Waals surface area contributed by atoms with Gasteiger partial charge in [-0.15, -0.1) is 0 Å². The summed E-state index contributed by atoms with van der Waals surface area (Å²) in [7, 11) is 2.13. The molecule has 110 valence electrons. The van der Waals surface area contributed by atoms with Crippen molar-refractivity contribution in [1.29, 1.82) is 0 Å². The van der Waals surface area contributed by atoms with Gasteiger partial charge in [-0.2, -0.15) is 0 Å². The molecule has 0 aliphatic heterocycles. The summed E-state index contributed by atoms with van der Waals surface area (Å²) >= 11 is 0. The second kappa shape index (κ2) is 6.27. The van der Waals surface area contributed by atoms with Crippen LogP contribution in [0.5, 0.6) is 0 Å². The van der Waals surface area contributed by atoms with Crippen LogP contribution >= 0.6 is 0 Å². The quantitative estimate of drug-likeness (QED) is 0.804. The van der Waals surface area contributed by atoms with Gasteiger partial charge in [0.25, 0.3) is 0 Å². The molecule has 0 saturated carbocycles. The van der Waals surface area contributed by atoms with Crippen molar-refractivity contribution in [3.8, 4) is 0 Å². The maximum Gasteiger partial charge on any atom is 0.138 e. The largest absolute Gasteiger partial charge is 0.466 e. The molecule has 0 unspecified atom stereocenters. The fourth-order valence-electron chi connectivity index (χ4n) is 2.35. The minimum atomic E-state index is 0.441. The van der Waals surface area contributed by atoms with E-state index in [1.165, 1.54) is 5.56 Å². The summed E-state index contributed by atoms with van der Waals surface area (Å²) in [5, 5.41) is 4.00. The first-order chi connectivity index (χ1) is 9.47. The van der Waals surface area contributed by atoms with Crippen molar-refractivity contribution in [3.05, 3.63) is 40.7 Å². The van der Waals surface area contributed by atoms with Crippen LogP contribution in [0.4, 0.5) is 0 Å². The molecule has 2 aromatic heterocycles. The number of aromatic nitrogens is 1.